The highest BCUT2D eigenvalue weighted by Crippen LogP contribution is 2.18. The van der Waals surface area contributed by atoms with Crippen molar-refractivity contribution in [3.8, 4) is 0 Å². The minimum atomic E-state index is -1.15. The lowest BCUT2D eigenvalue weighted by Crippen LogP contribution is -2.36. The van der Waals surface area contributed by atoms with E-state index in [4.69, 9.17) is 14.9 Å². The standard InChI is InChI=1S/C8H14O5/c1-4(7(9)10)6(8(11)12)5(2)13-3/h4-6H,1-3H3,(H,9,10)(H,11,12). The van der Waals surface area contributed by atoms with Crippen molar-refractivity contribution >= 4 is 11.9 Å². The molecule has 0 bridgehead atoms. The Balaban J connectivity index is 4.60. The molecule has 3 atom stereocenters. The molecule has 0 saturated carbocycles. The third kappa shape index (κ3) is 3.02. The Hall–Kier alpha value is -1.10. The molecular weight excluding hydrogens is 176 g/mol. The van der Waals surface area contributed by atoms with Crippen molar-refractivity contribution in [2.45, 2.75) is 20.0 Å². The normalized spacial score (nSPS) is 17.5. The van der Waals surface area contributed by atoms with Crippen molar-refractivity contribution in [3.05, 3.63) is 0 Å². The summed E-state index contributed by atoms with van der Waals surface area (Å²) in [6, 6.07) is 0. The number of aliphatic carboxylic acids is 2. The van der Waals surface area contributed by atoms with Gasteiger partial charge >= 0.3 is 11.9 Å². The topological polar surface area (TPSA) is 83.8 Å². The summed E-state index contributed by atoms with van der Waals surface area (Å²) in [4.78, 5) is 21.2. The number of hydrogen-bond donors (Lipinski definition) is 2. The van der Waals surface area contributed by atoms with E-state index in [9.17, 15) is 9.59 Å². The fourth-order valence-corrected chi connectivity index (χ4v) is 1.12. The summed E-state index contributed by atoms with van der Waals surface area (Å²) in [7, 11) is 1.36. The van der Waals surface area contributed by atoms with Crippen LogP contribution < -0.4 is 0 Å². The van der Waals surface area contributed by atoms with Crippen LogP contribution >= 0.6 is 0 Å². The van der Waals surface area contributed by atoms with Gasteiger partial charge in [-0.2, -0.15) is 0 Å². The predicted molar refractivity (Wildman–Crippen MR) is 44.4 cm³/mol. The van der Waals surface area contributed by atoms with Crippen LogP contribution in [0.5, 0.6) is 0 Å². The molecule has 2 N–H and O–H groups in total. The Bertz CT molecular complexity index is 201. The van der Waals surface area contributed by atoms with Gasteiger partial charge in [-0.1, -0.05) is 6.92 Å². The molecule has 13 heavy (non-hydrogen) atoms. The maximum atomic E-state index is 10.7. The van der Waals surface area contributed by atoms with Gasteiger partial charge in [0.1, 0.15) is 0 Å². The molecule has 0 aromatic rings. The van der Waals surface area contributed by atoms with E-state index in [0.717, 1.165) is 0 Å². The van der Waals surface area contributed by atoms with Gasteiger partial charge in [0.05, 0.1) is 17.9 Å². The van der Waals surface area contributed by atoms with Crippen LogP contribution in [0.25, 0.3) is 0 Å². The first-order valence-electron chi connectivity index (χ1n) is 3.90. The van der Waals surface area contributed by atoms with E-state index in [0.29, 0.717) is 0 Å². The summed E-state index contributed by atoms with van der Waals surface area (Å²) in [5.74, 6) is -4.24. The van der Waals surface area contributed by atoms with Gasteiger partial charge in [0, 0.05) is 7.11 Å². The second kappa shape index (κ2) is 4.81. The Morgan fingerprint density at radius 3 is 1.85 bits per heavy atom. The minimum Gasteiger partial charge on any atom is -0.481 e. The Labute approximate surface area is 76.3 Å². The Morgan fingerprint density at radius 2 is 1.62 bits per heavy atom. The molecule has 76 valence electrons. The number of hydrogen-bond acceptors (Lipinski definition) is 3. The van der Waals surface area contributed by atoms with Crippen molar-refractivity contribution in [3.63, 3.8) is 0 Å². The van der Waals surface area contributed by atoms with Gasteiger partial charge in [-0.3, -0.25) is 9.59 Å². The number of carboxylic acid groups (broad SMARTS) is 2. The van der Waals surface area contributed by atoms with E-state index in [1.807, 2.05) is 0 Å². The maximum Gasteiger partial charge on any atom is 0.310 e. The summed E-state index contributed by atoms with van der Waals surface area (Å²) in [5, 5.41) is 17.4. The van der Waals surface area contributed by atoms with Gasteiger partial charge in [-0.15, -0.1) is 0 Å². The lowest BCUT2D eigenvalue weighted by molar-refractivity contribution is -0.158. The summed E-state index contributed by atoms with van der Waals surface area (Å²) < 4.78 is 4.80. The van der Waals surface area contributed by atoms with Gasteiger partial charge in [0.25, 0.3) is 0 Å². The Morgan fingerprint density at radius 1 is 1.15 bits per heavy atom. The van der Waals surface area contributed by atoms with E-state index in [1.54, 1.807) is 0 Å². The Kier molecular flexibility index (Phi) is 4.40. The molecule has 0 amide bonds. The molecule has 5 nitrogen and oxygen atoms in total. The lowest BCUT2D eigenvalue weighted by atomic mass is 9.90. The molecule has 0 aliphatic carbocycles. The summed E-state index contributed by atoms with van der Waals surface area (Å²) in [5.41, 5.74) is 0. The zero-order valence-corrected chi connectivity index (χ0v) is 7.85. The quantitative estimate of drug-likeness (QED) is 0.657. The molecule has 0 rings (SSSR count). The molecule has 0 saturated heterocycles. The molecule has 0 aliphatic heterocycles. The SMILES string of the molecule is COC(C)C(C(=O)O)C(C)C(=O)O. The summed E-state index contributed by atoms with van der Waals surface area (Å²) >= 11 is 0. The average molecular weight is 190 g/mol. The highest BCUT2D eigenvalue weighted by atomic mass is 16.5. The van der Waals surface area contributed by atoms with E-state index >= 15 is 0 Å². The summed E-state index contributed by atoms with van der Waals surface area (Å²) in [6.07, 6.45) is -0.608. The molecule has 5 heteroatoms. The number of rotatable bonds is 5. The third-order valence-corrected chi connectivity index (χ3v) is 2.09. The maximum absolute atomic E-state index is 10.7. The van der Waals surface area contributed by atoms with Crippen LogP contribution in [0.4, 0.5) is 0 Å². The molecule has 0 spiro atoms. The minimum absolute atomic E-state index is 0.608. The van der Waals surface area contributed by atoms with Crippen LogP contribution in [0.3, 0.4) is 0 Å². The van der Waals surface area contributed by atoms with Crippen LogP contribution in [-0.2, 0) is 14.3 Å². The molecule has 0 fully saturated rings. The third-order valence-electron chi connectivity index (χ3n) is 2.09. The number of methoxy groups -OCH3 is 1. The monoisotopic (exact) mass is 190 g/mol. The molecule has 0 radical (unpaired) electrons. The average Bonchev–Trinajstić information content (AvgIpc) is 2.03. The van der Waals surface area contributed by atoms with Crippen LogP contribution in [0.1, 0.15) is 13.8 Å². The second-order valence-corrected chi connectivity index (χ2v) is 2.93. The molecule has 0 aliphatic rings. The highest BCUT2D eigenvalue weighted by Gasteiger charge is 2.34. The first kappa shape index (κ1) is 11.9. The van der Waals surface area contributed by atoms with Crippen molar-refractivity contribution in [2.75, 3.05) is 7.11 Å². The molecule has 0 aromatic carbocycles. The second-order valence-electron chi connectivity index (χ2n) is 2.93. The fraction of sp³-hybridized carbons (Fsp3) is 0.750. The van der Waals surface area contributed by atoms with E-state index in [1.165, 1.54) is 21.0 Å². The van der Waals surface area contributed by atoms with E-state index < -0.39 is 29.9 Å². The van der Waals surface area contributed by atoms with E-state index in [-0.39, 0.29) is 0 Å². The van der Waals surface area contributed by atoms with Crippen molar-refractivity contribution in [1.29, 1.82) is 0 Å². The zero-order valence-electron chi connectivity index (χ0n) is 7.85. The number of ether oxygens (including phenoxy) is 1. The van der Waals surface area contributed by atoms with Crippen molar-refractivity contribution < 1.29 is 24.5 Å². The van der Waals surface area contributed by atoms with Gasteiger partial charge in [-0.25, -0.2) is 0 Å². The van der Waals surface area contributed by atoms with Gasteiger partial charge in [-0.05, 0) is 6.92 Å². The largest absolute Gasteiger partial charge is 0.481 e. The van der Waals surface area contributed by atoms with Crippen LogP contribution in [0, 0.1) is 11.8 Å². The highest BCUT2D eigenvalue weighted by molar-refractivity contribution is 5.80. The summed E-state index contributed by atoms with van der Waals surface area (Å²) in [6.45, 7) is 2.90. The van der Waals surface area contributed by atoms with Crippen molar-refractivity contribution in [1.82, 2.24) is 0 Å². The smallest absolute Gasteiger partial charge is 0.310 e. The molecule has 0 aromatic heterocycles. The van der Waals surface area contributed by atoms with Crippen LogP contribution in [0.15, 0.2) is 0 Å². The first-order chi connectivity index (χ1) is 5.91. The van der Waals surface area contributed by atoms with Gasteiger partial charge in [0.15, 0.2) is 0 Å². The zero-order chi connectivity index (χ0) is 10.6. The lowest BCUT2D eigenvalue weighted by Gasteiger charge is -2.21. The molecule has 3 unspecified atom stereocenters. The van der Waals surface area contributed by atoms with Gasteiger partial charge < -0.3 is 14.9 Å². The predicted octanol–water partition coefficient (Wildman–Crippen LogP) is 0.443. The van der Waals surface area contributed by atoms with Crippen LogP contribution in [-0.4, -0.2) is 35.4 Å². The number of carbonyl (C=O) groups is 2. The molecular formula is C8H14O5. The van der Waals surface area contributed by atoms with Gasteiger partial charge in [0.2, 0.25) is 0 Å². The first-order valence-corrected chi connectivity index (χ1v) is 3.90. The van der Waals surface area contributed by atoms with Crippen LogP contribution in [0.2, 0.25) is 0 Å². The fourth-order valence-electron chi connectivity index (χ4n) is 1.12. The van der Waals surface area contributed by atoms with E-state index in [2.05, 4.69) is 0 Å². The molecule has 0 heterocycles. The number of carboxylic acids is 2. The van der Waals surface area contributed by atoms with Crippen molar-refractivity contribution in [2.24, 2.45) is 11.8 Å².